The van der Waals surface area contributed by atoms with Gasteiger partial charge in [-0.15, -0.1) is 0 Å². The largest absolute Gasteiger partial charge is 0.398 e. The molecule has 1 unspecified atom stereocenters. The van der Waals surface area contributed by atoms with Crippen molar-refractivity contribution in [3.05, 3.63) is 29.3 Å². The first-order valence-electron chi connectivity index (χ1n) is 7.18. The first-order valence-corrected chi connectivity index (χ1v) is 7.18. The van der Waals surface area contributed by atoms with Crippen LogP contribution in [0.4, 0.5) is 5.69 Å². The summed E-state index contributed by atoms with van der Waals surface area (Å²) >= 11 is 0. The van der Waals surface area contributed by atoms with Gasteiger partial charge in [0.1, 0.15) is 0 Å². The van der Waals surface area contributed by atoms with Crippen LogP contribution in [0.2, 0.25) is 0 Å². The normalized spacial score (nSPS) is 27.1. The summed E-state index contributed by atoms with van der Waals surface area (Å²) < 4.78 is 0. The van der Waals surface area contributed by atoms with Crippen LogP contribution < -0.4 is 5.73 Å². The molecule has 1 aromatic carbocycles. The van der Waals surface area contributed by atoms with E-state index in [2.05, 4.69) is 30.9 Å². The quantitative estimate of drug-likeness (QED) is 0.769. The van der Waals surface area contributed by atoms with Gasteiger partial charge < -0.3 is 5.73 Å². The number of nitrogen functional groups attached to an aromatic ring is 1. The van der Waals surface area contributed by atoms with Gasteiger partial charge in [-0.2, -0.15) is 0 Å². The Bertz CT molecular complexity index is 450. The lowest BCUT2D eigenvalue weighted by atomic mass is 9.85. The summed E-state index contributed by atoms with van der Waals surface area (Å²) in [6.45, 7) is 7.10. The molecule has 1 aliphatic heterocycles. The number of nitrogens with two attached hydrogens (primary N) is 1. The highest BCUT2D eigenvalue weighted by Crippen LogP contribution is 2.42. The van der Waals surface area contributed by atoms with E-state index in [0.29, 0.717) is 5.41 Å². The second-order valence-electron chi connectivity index (χ2n) is 6.60. The van der Waals surface area contributed by atoms with E-state index in [-0.39, 0.29) is 0 Å². The minimum absolute atomic E-state index is 0.473. The van der Waals surface area contributed by atoms with Crippen LogP contribution in [0, 0.1) is 5.41 Å². The van der Waals surface area contributed by atoms with E-state index in [4.69, 9.17) is 5.73 Å². The predicted molar refractivity (Wildman–Crippen MR) is 76.4 cm³/mol. The van der Waals surface area contributed by atoms with Crippen LogP contribution in [0.3, 0.4) is 0 Å². The van der Waals surface area contributed by atoms with Gasteiger partial charge in [0.15, 0.2) is 0 Å². The molecule has 1 fully saturated rings. The molecule has 0 spiro atoms. The second-order valence-corrected chi connectivity index (χ2v) is 6.60. The van der Waals surface area contributed by atoms with Crippen molar-refractivity contribution < 1.29 is 0 Å². The minimum Gasteiger partial charge on any atom is -0.398 e. The molecule has 0 radical (unpaired) electrons. The maximum Gasteiger partial charge on any atom is 0.0362 e. The number of anilines is 1. The van der Waals surface area contributed by atoms with Crippen LogP contribution in [0.5, 0.6) is 0 Å². The summed E-state index contributed by atoms with van der Waals surface area (Å²) in [4.78, 5) is 2.67. The summed E-state index contributed by atoms with van der Waals surface area (Å²) in [7, 11) is 0. The van der Waals surface area contributed by atoms with Crippen molar-refractivity contribution in [3.8, 4) is 0 Å². The third-order valence-electron chi connectivity index (χ3n) is 4.98. The molecule has 1 aliphatic carbocycles. The Kier molecular flexibility index (Phi) is 2.86. The van der Waals surface area contributed by atoms with Gasteiger partial charge in [-0.3, -0.25) is 4.90 Å². The molecule has 0 bridgehead atoms. The van der Waals surface area contributed by atoms with Gasteiger partial charge >= 0.3 is 0 Å². The fourth-order valence-corrected chi connectivity index (χ4v) is 3.88. The standard InChI is InChI=1S/C16H24N2/c1-16(2)9-4-7-15(16)18-10-8-12-5-3-6-14(17)13(12)11-18/h3,5-6,15H,4,7-11,17H2,1-2H3. The van der Waals surface area contributed by atoms with Crippen LogP contribution in [0.15, 0.2) is 18.2 Å². The van der Waals surface area contributed by atoms with E-state index in [1.54, 1.807) is 0 Å². The number of hydrogen-bond acceptors (Lipinski definition) is 2. The zero-order valence-corrected chi connectivity index (χ0v) is 11.6. The lowest BCUT2D eigenvalue weighted by molar-refractivity contribution is 0.100. The topological polar surface area (TPSA) is 29.3 Å². The Labute approximate surface area is 110 Å². The zero-order chi connectivity index (χ0) is 12.8. The first-order chi connectivity index (χ1) is 8.58. The van der Waals surface area contributed by atoms with Crippen LogP contribution in [0.25, 0.3) is 0 Å². The van der Waals surface area contributed by atoms with Crippen LogP contribution in [-0.2, 0) is 13.0 Å². The molecular weight excluding hydrogens is 220 g/mol. The van der Waals surface area contributed by atoms with Gasteiger partial charge in [-0.05, 0) is 41.9 Å². The summed E-state index contributed by atoms with van der Waals surface area (Å²) in [5.41, 5.74) is 10.4. The maximum atomic E-state index is 6.14. The number of rotatable bonds is 1. The molecule has 1 heterocycles. The highest BCUT2D eigenvalue weighted by atomic mass is 15.2. The molecule has 98 valence electrons. The van der Waals surface area contributed by atoms with E-state index in [1.165, 1.54) is 36.9 Å². The fourth-order valence-electron chi connectivity index (χ4n) is 3.88. The molecule has 1 atom stereocenters. The maximum absolute atomic E-state index is 6.14. The lowest BCUT2D eigenvalue weighted by Gasteiger charge is -2.40. The van der Waals surface area contributed by atoms with E-state index in [1.807, 2.05) is 6.07 Å². The van der Waals surface area contributed by atoms with Crippen molar-refractivity contribution in [2.45, 2.75) is 52.1 Å². The molecule has 2 N–H and O–H groups in total. The van der Waals surface area contributed by atoms with E-state index in [0.717, 1.165) is 24.7 Å². The van der Waals surface area contributed by atoms with Crippen molar-refractivity contribution in [2.24, 2.45) is 5.41 Å². The molecule has 1 aromatic rings. The molecule has 0 amide bonds. The van der Waals surface area contributed by atoms with Gasteiger partial charge in [-0.1, -0.05) is 32.4 Å². The molecule has 18 heavy (non-hydrogen) atoms. The van der Waals surface area contributed by atoms with E-state index < -0.39 is 0 Å². The molecule has 1 saturated carbocycles. The predicted octanol–water partition coefficient (Wildman–Crippen LogP) is 3.21. The van der Waals surface area contributed by atoms with Crippen molar-refractivity contribution in [2.75, 3.05) is 12.3 Å². The smallest absolute Gasteiger partial charge is 0.0362 e. The Morgan fingerprint density at radius 1 is 1.33 bits per heavy atom. The van der Waals surface area contributed by atoms with Crippen molar-refractivity contribution in [3.63, 3.8) is 0 Å². The summed E-state index contributed by atoms with van der Waals surface area (Å²) in [5, 5.41) is 0. The highest BCUT2D eigenvalue weighted by Gasteiger charge is 2.39. The van der Waals surface area contributed by atoms with Gasteiger partial charge in [0.25, 0.3) is 0 Å². The summed E-state index contributed by atoms with van der Waals surface area (Å²) in [6, 6.07) is 7.11. The summed E-state index contributed by atoms with van der Waals surface area (Å²) in [5.74, 6) is 0. The third kappa shape index (κ3) is 1.93. The summed E-state index contributed by atoms with van der Waals surface area (Å²) in [6.07, 6.45) is 5.26. The van der Waals surface area contributed by atoms with Crippen molar-refractivity contribution in [1.29, 1.82) is 0 Å². The van der Waals surface area contributed by atoms with Crippen LogP contribution in [0.1, 0.15) is 44.2 Å². The van der Waals surface area contributed by atoms with Gasteiger partial charge in [0.2, 0.25) is 0 Å². The minimum atomic E-state index is 0.473. The Morgan fingerprint density at radius 2 is 2.17 bits per heavy atom. The average molecular weight is 244 g/mol. The number of nitrogens with zero attached hydrogens (tertiary/aromatic N) is 1. The Balaban J connectivity index is 1.85. The molecule has 3 rings (SSSR count). The van der Waals surface area contributed by atoms with Gasteiger partial charge in [0, 0.05) is 24.8 Å². The molecule has 2 heteroatoms. The fraction of sp³-hybridized carbons (Fsp3) is 0.625. The second kappa shape index (κ2) is 4.27. The van der Waals surface area contributed by atoms with Gasteiger partial charge in [-0.25, -0.2) is 0 Å². The lowest BCUT2D eigenvalue weighted by Crippen LogP contribution is -2.44. The average Bonchev–Trinajstić information content (AvgIpc) is 2.69. The molecule has 0 saturated heterocycles. The number of fused-ring (bicyclic) bond motifs is 1. The third-order valence-corrected chi connectivity index (χ3v) is 4.98. The van der Waals surface area contributed by atoms with E-state index in [9.17, 15) is 0 Å². The van der Waals surface area contributed by atoms with Crippen molar-refractivity contribution >= 4 is 5.69 Å². The highest BCUT2D eigenvalue weighted by molar-refractivity contribution is 5.51. The Hall–Kier alpha value is -1.02. The van der Waals surface area contributed by atoms with Gasteiger partial charge in [0.05, 0.1) is 0 Å². The van der Waals surface area contributed by atoms with Crippen molar-refractivity contribution in [1.82, 2.24) is 4.90 Å². The molecule has 0 aromatic heterocycles. The van der Waals surface area contributed by atoms with E-state index >= 15 is 0 Å². The number of benzene rings is 1. The van der Waals surface area contributed by atoms with Crippen LogP contribution >= 0.6 is 0 Å². The molecular formula is C16H24N2. The first kappa shape index (κ1) is 12.0. The number of hydrogen-bond donors (Lipinski definition) is 1. The zero-order valence-electron chi connectivity index (χ0n) is 11.6. The van der Waals surface area contributed by atoms with Crippen LogP contribution in [-0.4, -0.2) is 17.5 Å². The monoisotopic (exact) mass is 244 g/mol. The Morgan fingerprint density at radius 3 is 2.89 bits per heavy atom. The SMILES string of the molecule is CC1(C)CCCC1N1CCc2cccc(N)c2C1. The molecule has 2 nitrogen and oxygen atoms in total. The molecule has 2 aliphatic rings.